The number of rotatable bonds is 2. The summed E-state index contributed by atoms with van der Waals surface area (Å²) in [6, 6.07) is 3.11. The number of hydrogen-bond acceptors (Lipinski definition) is 5. The molecule has 0 aromatic carbocycles. The largest absolute Gasteiger partial charge is 0.471 e. The van der Waals surface area contributed by atoms with Crippen LogP contribution in [0.25, 0.3) is 11.4 Å². The molecular weight excluding hydrogens is 237 g/mol. The first-order valence-electron chi connectivity index (χ1n) is 4.57. The minimum atomic E-state index is -4.64. The maximum absolute atomic E-state index is 12.2. The van der Waals surface area contributed by atoms with Crippen LogP contribution in [-0.2, 0) is 12.7 Å². The van der Waals surface area contributed by atoms with Gasteiger partial charge in [-0.15, -0.1) is 0 Å². The van der Waals surface area contributed by atoms with Crippen molar-refractivity contribution in [2.45, 2.75) is 12.7 Å². The summed E-state index contributed by atoms with van der Waals surface area (Å²) in [4.78, 5) is 7.15. The third kappa shape index (κ3) is 2.41. The van der Waals surface area contributed by atoms with Gasteiger partial charge >= 0.3 is 12.1 Å². The average molecular weight is 244 g/mol. The lowest BCUT2D eigenvalue weighted by atomic mass is 10.2. The molecule has 5 nitrogen and oxygen atoms in total. The van der Waals surface area contributed by atoms with Gasteiger partial charge in [0.25, 0.3) is 0 Å². The van der Waals surface area contributed by atoms with Gasteiger partial charge in [-0.1, -0.05) is 5.16 Å². The molecule has 0 saturated heterocycles. The van der Waals surface area contributed by atoms with Gasteiger partial charge < -0.3 is 10.3 Å². The van der Waals surface area contributed by atoms with E-state index in [4.69, 9.17) is 5.73 Å². The zero-order valence-electron chi connectivity index (χ0n) is 8.40. The molecule has 0 saturated carbocycles. The first kappa shape index (κ1) is 11.5. The number of alkyl halides is 3. The molecule has 0 radical (unpaired) electrons. The normalized spacial score (nSPS) is 11.8. The number of pyridine rings is 1. The summed E-state index contributed by atoms with van der Waals surface area (Å²) >= 11 is 0. The highest BCUT2D eigenvalue weighted by molar-refractivity contribution is 5.52. The fourth-order valence-corrected chi connectivity index (χ4v) is 1.13. The number of nitrogens with two attached hydrogens (primary N) is 1. The maximum Gasteiger partial charge on any atom is 0.471 e. The lowest BCUT2D eigenvalue weighted by Crippen LogP contribution is -2.04. The third-order valence-electron chi connectivity index (χ3n) is 1.96. The Balaban J connectivity index is 2.30. The summed E-state index contributed by atoms with van der Waals surface area (Å²) < 4.78 is 40.7. The highest BCUT2D eigenvalue weighted by atomic mass is 19.4. The van der Waals surface area contributed by atoms with E-state index in [0.717, 1.165) is 0 Å². The number of hydrogen-bond donors (Lipinski definition) is 1. The van der Waals surface area contributed by atoms with Gasteiger partial charge in [0.2, 0.25) is 5.82 Å². The lowest BCUT2D eigenvalue weighted by Gasteiger charge is -1.97. The van der Waals surface area contributed by atoms with E-state index >= 15 is 0 Å². The summed E-state index contributed by atoms with van der Waals surface area (Å²) in [5.41, 5.74) is 6.29. The minimum Gasteiger partial charge on any atom is -0.329 e. The highest BCUT2D eigenvalue weighted by Gasteiger charge is 2.38. The van der Waals surface area contributed by atoms with E-state index in [9.17, 15) is 13.2 Å². The van der Waals surface area contributed by atoms with Gasteiger partial charge in [0.1, 0.15) is 0 Å². The van der Waals surface area contributed by atoms with Crippen LogP contribution in [0.1, 0.15) is 11.6 Å². The third-order valence-corrected chi connectivity index (χ3v) is 1.96. The van der Waals surface area contributed by atoms with Gasteiger partial charge in [0.05, 0.1) is 5.69 Å². The summed E-state index contributed by atoms with van der Waals surface area (Å²) in [5.74, 6) is -1.54. The predicted octanol–water partition coefficient (Wildman–Crippen LogP) is 1.61. The van der Waals surface area contributed by atoms with Crippen LogP contribution in [0, 0.1) is 0 Å². The van der Waals surface area contributed by atoms with Crippen molar-refractivity contribution in [2.75, 3.05) is 0 Å². The van der Waals surface area contributed by atoms with Crippen molar-refractivity contribution in [3.8, 4) is 11.4 Å². The molecule has 17 heavy (non-hydrogen) atoms. The molecule has 0 fully saturated rings. The fraction of sp³-hybridized carbons (Fsp3) is 0.222. The van der Waals surface area contributed by atoms with Gasteiger partial charge in [-0.25, -0.2) is 0 Å². The van der Waals surface area contributed by atoms with Crippen LogP contribution in [0.4, 0.5) is 13.2 Å². The van der Waals surface area contributed by atoms with E-state index in [0.29, 0.717) is 11.3 Å². The van der Waals surface area contributed by atoms with Crippen molar-refractivity contribution in [1.29, 1.82) is 0 Å². The first-order valence-corrected chi connectivity index (χ1v) is 4.57. The van der Waals surface area contributed by atoms with Gasteiger partial charge in [-0.3, -0.25) is 4.98 Å². The van der Waals surface area contributed by atoms with Gasteiger partial charge in [0.15, 0.2) is 0 Å². The van der Waals surface area contributed by atoms with Gasteiger partial charge in [-0.05, 0) is 12.1 Å². The zero-order chi connectivity index (χ0) is 12.5. The summed E-state index contributed by atoms with van der Waals surface area (Å²) in [6.07, 6.45) is -3.30. The van der Waals surface area contributed by atoms with Gasteiger partial charge in [-0.2, -0.15) is 18.2 Å². The van der Waals surface area contributed by atoms with E-state index in [1.165, 1.54) is 12.3 Å². The molecule has 8 heteroatoms. The second-order valence-electron chi connectivity index (χ2n) is 3.16. The predicted molar refractivity (Wildman–Crippen MR) is 50.4 cm³/mol. The Morgan fingerprint density at radius 2 is 2.06 bits per heavy atom. The average Bonchev–Trinajstić information content (AvgIpc) is 2.78. The Hall–Kier alpha value is -1.96. The van der Waals surface area contributed by atoms with Crippen molar-refractivity contribution in [3.05, 3.63) is 29.9 Å². The molecule has 2 heterocycles. The second kappa shape index (κ2) is 4.13. The smallest absolute Gasteiger partial charge is 0.329 e. The van der Waals surface area contributed by atoms with E-state index < -0.39 is 12.1 Å². The SMILES string of the molecule is NCc1ccc(-c2noc(C(F)(F)F)n2)cn1. The summed E-state index contributed by atoms with van der Waals surface area (Å²) in [5, 5.41) is 3.23. The van der Waals surface area contributed by atoms with Crippen LogP contribution < -0.4 is 5.73 Å². The second-order valence-corrected chi connectivity index (χ2v) is 3.16. The Bertz CT molecular complexity index is 506. The minimum absolute atomic E-state index is 0.159. The number of halogens is 3. The molecule has 0 aliphatic heterocycles. The molecule has 0 bridgehead atoms. The molecular formula is C9H7F3N4O. The monoisotopic (exact) mass is 244 g/mol. The van der Waals surface area contributed by atoms with E-state index in [2.05, 4.69) is 19.6 Å². The maximum atomic E-state index is 12.2. The molecule has 2 aromatic heterocycles. The Morgan fingerprint density at radius 1 is 1.29 bits per heavy atom. The Kier molecular flexibility index (Phi) is 2.80. The first-order chi connectivity index (χ1) is 8.00. The molecule has 0 spiro atoms. The van der Waals surface area contributed by atoms with Crippen LogP contribution in [0.15, 0.2) is 22.9 Å². The van der Waals surface area contributed by atoms with E-state index in [1.807, 2.05) is 0 Å². The van der Waals surface area contributed by atoms with Crippen LogP contribution in [0.2, 0.25) is 0 Å². The quantitative estimate of drug-likeness (QED) is 0.868. The fourth-order valence-electron chi connectivity index (χ4n) is 1.13. The van der Waals surface area contributed by atoms with E-state index in [1.54, 1.807) is 6.07 Å². The Labute approximate surface area is 93.5 Å². The molecule has 0 amide bonds. The highest BCUT2D eigenvalue weighted by Crippen LogP contribution is 2.29. The van der Waals surface area contributed by atoms with Crippen molar-refractivity contribution in [3.63, 3.8) is 0 Å². The molecule has 0 atom stereocenters. The zero-order valence-corrected chi connectivity index (χ0v) is 8.40. The molecule has 0 aliphatic rings. The van der Waals surface area contributed by atoms with Crippen molar-refractivity contribution < 1.29 is 17.7 Å². The Morgan fingerprint density at radius 3 is 2.53 bits per heavy atom. The van der Waals surface area contributed by atoms with Crippen molar-refractivity contribution in [1.82, 2.24) is 15.1 Å². The lowest BCUT2D eigenvalue weighted by molar-refractivity contribution is -0.159. The number of nitrogens with zero attached hydrogens (tertiary/aromatic N) is 3. The van der Waals surface area contributed by atoms with Gasteiger partial charge in [0, 0.05) is 18.3 Å². The number of aromatic nitrogens is 3. The van der Waals surface area contributed by atoms with Crippen LogP contribution >= 0.6 is 0 Å². The standard InChI is InChI=1S/C9H7F3N4O/c10-9(11,12)8-15-7(16-17-8)5-1-2-6(3-13)14-4-5/h1-2,4H,3,13H2. The molecule has 2 rings (SSSR count). The van der Waals surface area contributed by atoms with Crippen LogP contribution in [-0.4, -0.2) is 15.1 Å². The van der Waals surface area contributed by atoms with Crippen LogP contribution in [0.5, 0.6) is 0 Å². The summed E-state index contributed by atoms with van der Waals surface area (Å²) in [7, 11) is 0. The topological polar surface area (TPSA) is 77.8 Å². The molecule has 0 aliphatic carbocycles. The van der Waals surface area contributed by atoms with Crippen molar-refractivity contribution in [2.24, 2.45) is 5.73 Å². The molecule has 2 N–H and O–H groups in total. The molecule has 2 aromatic rings. The molecule has 90 valence electrons. The van der Waals surface area contributed by atoms with E-state index in [-0.39, 0.29) is 12.4 Å². The molecule has 0 unspecified atom stereocenters. The van der Waals surface area contributed by atoms with Crippen LogP contribution in [0.3, 0.4) is 0 Å². The summed E-state index contributed by atoms with van der Waals surface area (Å²) in [6.45, 7) is 0.250. The van der Waals surface area contributed by atoms with Crippen molar-refractivity contribution >= 4 is 0 Å².